The minimum absolute atomic E-state index is 0.0708. The number of rotatable bonds is 8. The van der Waals surface area contributed by atoms with Crippen molar-refractivity contribution in [3.63, 3.8) is 0 Å². The zero-order valence-corrected chi connectivity index (χ0v) is 13.5. The van der Waals surface area contributed by atoms with E-state index in [9.17, 15) is 4.79 Å². The average molecular weight is 296 g/mol. The summed E-state index contributed by atoms with van der Waals surface area (Å²) >= 11 is 1.75. The second kappa shape index (κ2) is 8.79. The van der Waals surface area contributed by atoms with Crippen molar-refractivity contribution >= 4 is 23.5 Å². The molecule has 0 bridgehead atoms. The Balaban J connectivity index is 2.79. The van der Waals surface area contributed by atoms with Crippen LogP contribution in [-0.4, -0.2) is 52.4 Å². The van der Waals surface area contributed by atoms with Crippen LogP contribution in [0.4, 0.5) is 5.82 Å². The molecule has 0 aliphatic rings. The van der Waals surface area contributed by atoms with Gasteiger partial charge in [-0.15, -0.1) is 0 Å². The zero-order valence-electron chi connectivity index (χ0n) is 12.7. The van der Waals surface area contributed by atoms with Crippen molar-refractivity contribution in [2.24, 2.45) is 0 Å². The van der Waals surface area contributed by atoms with Crippen LogP contribution in [0.2, 0.25) is 0 Å². The van der Waals surface area contributed by atoms with E-state index in [1.165, 1.54) is 6.20 Å². The van der Waals surface area contributed by atoms with Gasteiger partial charge in [0.2, 0.25) is 0 Å². The second-order valence-corrected chi connectivity index (χ2v) is 5.56. The van der Waals surface area contributed by atoms with Crippen LogP contribution < -0.4 is 5.32 Å². The third kappa shape index (κ3) is 4.67. The molecule has 0 saturated heterocycles. The predicted octanol–water partition coefficient (Wildman–Crippen LogP) is 2.51. The maximum Gasteiger partial charge on any atom is 0.274 e. The summed E-state index contributed by atoms with van der Waals surface area (Å²) in [5.41, 5.74) is 0.396. The van der Waals surface area contributed by atoms with Gasteiger partial charge in [0.15, 0.2) is 0 Å². The molecule has 0 spiro atoms. The van der Waals surface area contributed by atoms with Crippen molar-refractivity contribution in [3.05, 3.63) is 18.1 Å². The van der Waals surface area contributed by atoms with Gasteiger partial charge in [0.25, 0.3) is 5.91 Å². The normalized spacial score (nSPS) is 12.0. The smallest absolute Gasteiger partial charge is 0.274 e. The lowest BCUT2D eigenvalue weighted by molar-refractivity contribution is 0.0737. The van der Waals surface area contributed by atoms with Gasteiger partial charge < -0.3 is 10.2 Å². The highest BCUT2D eigenvalue weighted by Crippen LogP contribution is 2.12. The van der Waals surface area contributed by atoms with Gasteiger partial charge in [-0.3, -0.25) is 9.78 Å². The summed E-state index contributed by atoms with van der Waals surface area (Å²) in [5.74, 6) is 1.52. The molecule has 1 heterocycles. The van der Waals surface area contributed by atoms with E-state index >= 15 is 0 Å². The first-order valence-electron chi connectivity index (χ1n) is 6.96. The minimum atomic E-state index is -0.0708. The highest BCUT2D eigenvalue weighted by atomic mass is 32.2. The SMILES string of the molecule is CCCNc1cncc(C(=O)N(C)C(CC)CSC)n1. The number of amides is 1. The molecule has 1 unspecified atom stereocenters. The molecule has 0 saturated carbocycles. The molecular formula is C14H24N4OS. The summed E-state index contributed by atoms with van der Waals surface area (Å²) in [4.78, 5) is 22.6. The molecule has 1 amide bonds. The maximum absolute atomic E-state index is 12.4. The van der Waals surface area contributed by atoms with E-state index in [0.29, 0.717) is 11.5 Å². The molecule has 0 radical (unpaired) electrons. The first-order valence-corrected chi connectivity index (χ1v) is 8.35. The topological polar surface area (TPSA) is 58.1 Å². The van der Waals surface area contributed by atoms with Gasteiger partial charge in [0.1, 0.15) is 11.5 Å². The van der Waals surface area contributed by atoms with Crippen LogP contribution in [0.3, 0.4) is 0 Å². The van der Waals surface area contributed by atoms with Gasteiger partial charge in [-0.2, -0.15) is 11.8 Å². The molecule has 6 heteroatoms. The number of anilines is 1. The molecule has 0 fully saturated rings. The highest BCUT2D eigenvalue weighted by Gasteiger charge is 2.20. The van der Waals surface area contributed by atoms with E-state index in [-0.39, 0.29) is 11.9 Å². The summed E-state index contributed by atoms with van der Waals surface area (Å²) in [6.07, 6.45) is 7.17. The molecular weight excluding hydrogens is 272 g/mol. The fraction of sp³-hybridized carbons (Fsp3) is 0.643. The third-order valence-corrected chi connectivity index (χ3v) is 3.83. The van der Waals surface area contributed by atoms with E-state index in [1.54, 1.807) is 22.9 Å². The van der Waals surface area contributed by atoms with E-state index in [2.05, 4.69) is 35.4 Å². The Morgan fingerprint density at radius 1 is 1.45 bits per heavy atom. The van der Waals surface area contributed by atoms with Crippen LogP contribution in [0.25, 0.3) is 0 Å². The molecule has 1 aromatic heterocycles. The van der Waals surface area contributed by atoms with Crippen molar-refractivity contribution in [2.45, 2.75) is 32.7 Å². The Labute approximate surface area is 125 Å². The fourth-order valence-electron chi connectivity index (χ4n) is 1.85. The second-order valence-electron chi connectivity index (χ2n) is 4.65. The van der Waals surface area contributed by atoms with Crippen molar-refractivity contribution in [2.75, 3.05) is 30.9 Å². The van der Waals surface area contributed by atoms with Crippen LogP contribution in [0, 0.1) is 0 Å². The van der Waals surface area contributed by atoms with Crippen LogP contribution in [0.15, 0.2) is 12.4 Å². The van der Waals surface area contributed by atoms with Gasteiger partial charge >= 0.3 is 0 Å². The van der Waals surface area contributed by atoms with Gasteiger partial charge in [0.05, 0.1) is 12.4 Å². The summed E-state index contributed by atoms with van der Waals surface area (Å²) < 4.78 is 0. The molecule has 1 N–H and O–H groups in total. The average Bonchev–Trinajstić information content (AvgIpc) is 2.49. The van der Waals surface area contributed by atoms with Crippen LogP contribution in [0.1, 0.15) is 37.2 Å². The van der Waals surface area contributed by atoms with Gasteiger partial charge in [0, 0.05) is 25.4 Å². The number of carbonyl (C=O) groups is 1. The summed E-state index contributed by atoms with van der Waals surface area (Å²) in [6, 6.07) is 0.228. The Hall–Kier alpha value is -1.30. The fourth-order valence-corrected chi connectivity index (χ4v) is 2.69. The molecule has 20 heavy (non-hydrogen) atoms. The van der Waals surface area contributed by atoms with Gasteiger partial charge in [-0.25, -0.2) is 4.98 Å². The van der Waals surface area contributed by atoms with Crippen molar-refractivity contribution in [1.82, 2.24) is 14.9 Å². The lowest BCUT2D eigenvalue weighted by Gasteiger charge is -2.26. The molecule has 0 aromatic carbocycles. The molecule has 0 aliphatic carbocycles. The van der Waals surface area contributed by atoms with Gasteiger partial charge in [-0.05, 0) is 19.1 Å². The van der Waals surface area contributed by atoms with Crippen LogP contribution in [-0.2, 0) is 0 Å². The van der Waals surface area contributed by atoms with E-state index < -0.39 is 0 Å². The Morgan fingerprint density at radius 2 is 2.20 bits per heavy atom. The number of aromatic nitrogens is 2. The molecule has 5 nitrogen and oxygen atoms in total. The van der Waals surface area contributed by atoms with Crippen molar-refractivity contribution in [1.29, 1.82) is 0 Å². The zero-order chi connectivity index (χ0) is 15.0. The predicted molar refractivity (Wildman–Crippen MR) is 85.4 cm³/mol. The standard InChI is InChI=1S/C14H24N4OS/c1-5-7-16-13-9-15-8-12(17-13)14(19)18(3)11(6-2)10-20-4/h8-9,11H,5-7,10H2,1-4H3,(H,16,17). The number of hydrogen-bond donors (Lipinski definition) is 1. The minimum Gasteiger partial charge on any atom is -0.369 e. The van der Waals surface area contributed by atoms with E-state index in [4.69, 9.17) is 0 Å². The van der Waals surface area contributed by atoms with E-state index in [1.807, 2.05) is 7.05 Å². The highest BCUT2D eigenvalue weighted by molar-refractivity contribution is 7.98. The molecule has 112 valence electrons. The molecule has 0 aliphatic heterocycles. The number of carbonyl (C=O) groups excluding carboxylic acids is 1. The molecule has 1 aromatic rings. The summed E-state index contributed by atoms with van der Waals surface area (Å²) in [6.45, 7) is 5.00. The number of nitrogens with zero attached hydrogens (tertiary/aromatic N) is 3. The lowest BCUT2D eigenvalue weighted by atomic mass is 10.2. The van der Waals surface area contributed by atoms with E-state index in [0.717, 1.165) is 25.1 Å². The number of hydrogen-bond acceptors (Lipinski definition) is 5. The first-order chi connectivity index (χ1) is 9.63. The summed E-state index contributed by atoms with van der Waals surface area (Å²) in [5, 5.41) is 3.15. The number of nitrogens with one attached hydrogen (secondary N) is 1. The van der Waals surface area contributed by atoms with Gasteiger partial charge in [-0.1, -0.05) is 13.8 Å². The quantitative estimate of drug-likeness (QED) is 0.799. The number of thioether (sulfide) groups is 1. The first kappa shape index (κ1) is 16.8. The lowest BCUT2D eigenvalue weighted by Crippen LogP contribution is -2.38. The third-order valence-electron chi connectivity index (χ3n) is 3.11. The molecule has 1 rings (SSSR count). The largest absolute Gasteiger partial charge is 0.369 e. The van der Waals surface area contributed by atoms with Crippen molar-refractivity contribution in [3.8, 4) is 0 Å². The Morgan fingerprint density at radius 3 is 2.80 bits per heavy atom. The van der Waals surface area contributed by atoms with Crippen LogP contribution >= 0.6 is 11.8 Å². The summed E-state index contributed by atoms with van der Waals surface area (Å²) in [7, 11) is 1.83. The maximum atomic E-state index is 12.4. The van der Waals surface area contributed by atoms with Crippen LogP contribution in [0.5, 0.6) is 0 Å². The Kier molecular flexibility index (Phi) is 7.36. The Bertz CT molecular complexity index is 427. The van der Waals surface area contributed by atoms with Crippen molar-refractivity contribution < 1.29 is 4.79 Å². The molecule has 1 atom stereocenters. The monoisotopic (exact) mass is 296 g/mol.